The van der Waals surface area contributed by atoms with E-state index in [9.17, 15) is 19.8 Å². The fraction of sp³-hybridized carbons (Fsp3) is 0.695. The van der Waals surface area contributed by atoms with Gasteiger partial charge in [0, 0.05) is 6.42 Å². The number of allylic oxidation sites excluding steroid dienone is 16. The Morgan fingerprint density at radius 3 is 1.29 bits per heavy atom. The first-order chi connectivity index (χ1) is 32.0. The van der Waals surface area contributed by atoms with Crippen LogP contribution < -0.4 is 5.32 Å². The first-order valence-electron chi connectivity index (χ1n) is 27.0. The van der Waals surface area contributed by atoms with Gasteiger partial charge in [-0.05, 0) is 96.3 Å². The van der Waals surface area contributed by atoms with E-state index in [0.29, 0.717) is 19.3 Å². The second kappa shape index (κ2) is 51.8. The summed E-state index contributed by atoms with van der Waals surface area (Å²) in [5.74, 6) is -0.586. The molecule has 372 valence electrons. The van der Waals surface area contributed by atoms with E-state index in [4.69, 9.17) is 4.74 Å². The highest BCUT2D eigenvalue weighted by molar-refractivity contribution is 5.77. The lowest BCUT2D eigenvalue weighted by Gasteiger charge is -2.24. The quantitative estimate of drug-likeness (QED) is 0.0321. The van der Waals surface area contributed by atoms with E-state index in [1.165, 1.54) is 96.3 Å². The number of ether oxygens (including phenoxy) is 1. The van der Waals surface area contributed by atoms with E-state index in [2.05, 4.69) is 117 Å². The van der Waals surface area contributed by atoms with E-state index in [1.54, 1.807) is 0 Å². The maximum atomic E-state index is 13.2. The molecule has 3 atom stereocenters. The molecule has 0 rings (SSSR count). The van der Waals surface area contributed by atoms with Crippen LogP contribution >= 0.6 is 0 Å². The van der Waals surface area contributed by atoms with Crippen LogP contribution in [0.15, 0.2) is 97.2 Å². The molecule has 0 bridgehead atoms. The van der Waals surface area contributed by atoms with Gasteiger partial charge in [0.2, 0.25) is 5.91 Å². The minimum atomic E-state index is -0.807. The van der Waals surface area contributed by atoms with Crippen molar-refractivity contribution in [2.24, 2.45) is 0 Å². The summed E-state index contributed by atoms with van der Waals surface area (Å²) in [5.41, 5.74) is 0. The monoisotopic (exact) mass is 904 g/mol. The number of hydrogen-bond acceptors (Lipinski definition) is 5. The number of hydrogen-bond donors (Lipinski definition) is 3. The van der Waals surface area contributed by atoms with Gasteiger partial charge in [-0.3, -0.25) is 9.59 Å². The number of carbonyl (C=O) groups excluding carboxylic acids is 2. The topological polar surface area (TPSA) is 95.9 Å². The van der Waals surface area contributed by atoms with Crippen molar-refractivity contribution < 1.29 is 24.5 Å². The highest BCUT2D eigenvalue weighted by atomic mass is 16.5. The molecule has 0 spiro atoms. The van der Waals surface area contributed by atoms with Crippen LogP contribution in [0.25, 0.3) is 0 Å². The molecular weight excluding hydrogens is 803 g/mol. The third kappa shape index (κ3) is 47.1. The van der Waals surface area contributed by atoms with Crippen molar-refractivity contribution in [1.82, 2.24) is 5.32 Å². The van der Waals surface area contributed by atoms with Crippen LogP contribution in [0.5, 0.6) is 0 Å². The summed E-state index contributed by atoms with van der Waals surface area (Å²) >= 11 is 0. The molecule has 0 aromatic carbocycles. The zero-order valence-electron chi connectivity index (χ0n) is 42.3. The van der Waals surface area contributed by atoms with Crippen LogP contribution in [-0.4, -0.2) is 46.9 Å². The van der Waals surface area contributed by atoms with E-state index in [1.807, 2.05) is 6.08 Å². The minimum Gasteiger partial charge on any atom is -0.462 e. The van der Waals surface area contributed by atoms with E-state index in [0.717, 1.165) is 89.9 Å². The Balaban J connectivity index is 4.72. The predicted octanol–water partition coefficient (Wildman–Crippen LogP) is 16.5. The van der Waals surface area contributed by atoms with Crippen LogP contribution in [0.3, 0.4) is 0 Å². The van der Waals surface area contributed by atoms with Crippen molar-refractivity contribution in [3.8, 4) is 0 Å². The molecule has 0 fully saturated rings. The van der Waals surface area contributed by atoms with Gasteiger partial charge in [0.15, 0.2) is 0 Å². The molecule has 0 saturated carbocycles. The molecule has 3 N–H and O–H groups in total. The Hall–Kier alpha value is -3.22. The standard InChI is InChI=1S/C59H101NO5/c1-4-7-10-13-16-19-22-24-26-28-29-31-33-35-37-40-43-46-49-52-59(64)65-55(50-47-44-41-38-36-34-32-30-27-25-23-20-17-14-11-8-5-2)53-58(63)60-56(54-61)57(62)51-48-45-42-39-21-18-15-12-9-6-3/h7,10,16-17,19-20,24-27,29,31,35,37,43,46,55-57,61-62H,4-6,8-9,11-15,18,21-23,28,30,32-34,36,38-42,44-45,47-54H2,1-3H3,(H,60,63)/b10-7-,19-16-,20-17-,26-24-,27-25-,31-29-,37-35-,46-43-. The number of aliphatic hydroxyl groups is 2. The van der Waals surface area contributed by atoms with Gasteiger partial charge in [-0.15, -0.1) is 0 Å². The Morgan fingerprint density at radius 2 is 0.831 bits per heavy atom. The fourth-order valence-electron chi connectivity index (χ4n) is 7.60. The zero-order valence-corrected chi connectivity index (χ0v) is 42.3. The zero-order chi connectivity index (χ0) is 47.4. The number of aliphatic hydroxyl groups excluding tert-OH is 2. The van der Waals surface area contributed by atoms with E-state index >= 15 is 0 Å². The number of unbranched alkanes of at least 4 members (excludes halogenated alkanes) is 19. The second-order valence-electron chi connectivity index (χ2n) is 17.9. The molecule has 1 amide bonds. The SMILES string of the molecule is CC/C=C\C/C=C\C/C=C\C/C=C\C/C=C\C/C=C\CCC(=O)OC(CCCCCCCCC/C=C\C/C=C\CCCCC)CC(=O)NC(CO)C(O)CCCCCCCCCCCC. The molecular formula is C59H101NO5. The Labute approximate surface area is 401 Å². The molecule has 0 aromatic rings. The Bertz CT molecular complexity index is 1290. The Morgan fingerprint density at radius 1 is 0.462 bits per heavy atom. The van der Waals surface area contributed by atoms with Gasteiger partial charge in [-0.25, -0.2) is 0 Å². The summed E-state index contributed by atoms with van der Waals surface area (Å²) in [6.45, 7) is 6.31. The van der Waals surface area contributed by atoms with Crippen LogP contribution in [0.1, 0.15) is 239 Å². The van der Waals surface area contributed by atoms with Gasteiger partial charge < -0.3 is 20.3 Å². The van der Waals surface area contributed by atoms with Gasteiger partial charge in [0.1, 0.15) is 6.10 Å². The number of carbonyl (C=O) groups is 2. The normalized spacial score (nSPS) is 14.0. The number of nitrogens with one attached hydrogen (secondary N) is 1. The van der Waals surface area contributed by atoms with Gasteiger partial charge in [0.25, 0.3) is 0 Å². The molecule has 6 heteroatoms. The van der Waals surface area contributed by atoms with Gasteiger partial charge in [0.05, 0.1) is 25.2 Å². The lowest BCUT2D eigenvalue weighted by molar-refractivity contribution is -0.150. The first-order valence-corrected chi connectivity index (χ1v) is 27.0. The molecule has 0 aliphatic rings. The molecule has 0 radical (unpaired) electrons. The molecule has 65 heavy (non-hydrogen) atoms. The molecule has 0 saturated heterocycles. The van der Waals surface area contributed by atoms with Crippen molar-refractivity contribution >= 4 is 11.9 Å². The Kier molecular flexibility index (Phi) is 49.2. The second-order valence-corrected chi connectivity index (χ2v) is 17.9. The molecule has 0 aliphatic carbocycles. The van der Waals surface area contributed by atoms with Gasteiger partial charge >= 0.3 is 5.97 Å². The van der Waals surface area contributed by atoms with Crippen molar-refractivity contribution in [3.05, 3.63) is 97.2 Å². The minimum absolute atomic E-state index is 0.0370. The molecule has 0 aromatic heterocycles. The number of amides is 1. The average molecular weight is 904 g/mol. The largest absolute Gasteiger partial charge is 0.462 e. The van der Waals surface area contributed by atoms with Gasteiger partial charge in [-0.2, -0.15) is 0 Å². The lowest BCUT2D eigenvalue weighted by atomic mass is 10.0. The molecule has 3 unspecified atom stereocenters. The lowest BCUT2D eigenvalue weighted by Crippen LogP contribution is -2.46. The van der Waals surface area contributed by atoms with Crippen LogP contribution in [-0.2, 0) is 14.3 Å². The smallest absolute Gasteiger partial charge is 0.306 e. The van der Waals surface area contributed by atoms with E-state index < -0.39 is 18.2 Å². The average Bonchev–Trinajstić information content (AvgIpc) is 3.30. The number of esters is 1. The highest BCUT2D eigenvalue weighted by Gasteiger charge is 2.24. The van der Waals surface area contributed by atoms with E-state index in [-0.39, 0.29) is 31.3 Å². The summed E-state index contributed by atoms with van der Waals surface area (Å²) < 4.78 is 5.90. The number of rotatable bonds is 47. The highest BCUT2D eigenvalue weighted by Crippen LogP contribution is 2.17. The predicted molar refractivity (Wildman–Crippen MR) is 282 cm³/mol. The maximum absolute atomic E-state index is 13.2. The van der Waals surface area contributed by atoms with Crippen molar-refractivity contribution in [1.29, 1.82) is 0 Å². The van der Waals surface area contributed by atoms with Crippen molar-refractivity contribution in [2.75, 3.05) is 6.61 Å². The molecule has 6 nitrogen and oxygen atoms in total. The summed E-state index contributed by atoms with van der Waals surface area (Å²) in [5, 5.41) is 23.7. The van der Waals surface area contributed by atoms with Crippen LogP contribution in [0.2, 0.25) is 0 Å². The van der Waals surface area contributed by atoms with Crippen LogP contribution in [0.4, 0.5) is 0 Å². The van der Waals surface area contributed by atoms with Crippen molar-refractivity contribution in [3.63, 3.8) is 0 Å². The molecule has 0 aliphatic heterocycles. The van der Waals surface area contributed by atoms with Crippen molar-refractivity contribution in [2.45, 2.75) is 257 Å². The first kappa shape index (κ1) is 61.8. The van der Waals surface area contributed by atoms with Crippen LogP contribution in [0, 0.1) is 0 Å². The third-order valence-electron chi connectivity index (χ3n) is 11.7. The molecule has 0 heterocycles. The summed E-state index contributed by atoms with van der Waals surface area (Å²) in [6, 6.07) is -0.724. The third-order valence-corrected chi connectivity index (χ3v) is 11.7. The summed E-state index contributed by atoms with van der Waals surface area (Å²) in [7, 11) is 0. The summed E-state index contributed by atoms with van der Waals surface area (Å²) in [6.07, 6.45) is 69.0. The fourth-order valence-corrected chi connectivity index (χ4v) is 7.60. The van der Waals surface area contributed by atoms with Gasteiger partial charge in [-0.1, -0.05) is 227 Å². The summed E-state index contributed by atoms with van der Waals surface area (Å²) in [4.78, 5) is 26.2. The maximum Gasteiger partial charge on any atom is 0.306 e.